The van der Waals surface area contributed by atoms with Gasteiger partial charge in [-0.1, -0.05) is 6.07 Å². The quantitative estimate of drug-likeness (QED) is 0.243. The molecule has 2 amide bonds. The van der Waals surface area contributed by atoms with Gasteiger partial charge < -0.3 is 24.8 Å². The number of hydrogen-bond acceptors (Lipinski definition) is 5. The Morgan fingerprint density at radius 1 is 1.09 bits per heavy atom. The van der Waals surface area contributed by atoms with Crippen molar-refractivity contribution in [2.75, 3.05) is 32.7 Å². The van der Waals surface area contributed by atoms with Crippen molar-refractivity contribution in [1.82, 2.24) is 29.5 Å². The third kappa shape index (κ3) is 6.43. The number of nitrogens with zero attached hydrogens (tertiary/aromatic N) is 4. The monoisotopic (exact) mass is 606 g/mol. The molecule has 11 heteroatoms. The van der Waals surface area contributed by atoms with E-state index in [4.69, 9.17) is 4.74 Å². The summed E-state index contributed by atoms with van der Waals surface area (Å²) < 4.78 is 36.3. The summed E-state index contributed by atoms with van der Waals surface area (Å²) >= 11 is 0. The first-order valence-corrected chi connectivity index (χ1v) is 15.5. The average molecular weight is 607 g/mol. The fourth-order valence-electron chi connectivity index (χ4n) is 6.21. The molecule has 0 aliphatic carbocycles. The molecule has 0 saturated carbocycles. The van der Waals surface area contributed by atoms with Crippen molar-refractivity contribution in [2.45, 2.75) is 70.7 Å². The maximum atomic E-state index is 15.5. The Morgan fingerprint density at radius 2 is 1.89 bits per heavy atom. The van der Waals surface area contributed by atoms with E-state index in [1.807, 2.05) is 37.3 Å². The van der Waals surface area contributed by atoms with Gasteiger partial charge in [0.05, 0.1) is 22.8 Å². The number of hydrogen-bond donors (Lipinski definition) is 2. The van der Waals surface area contributed by atoms with Gasteiger partial charge in [-0.15, -0.1) is 0 Å². The van der Waals surface area contributed by atoms with Gasteiger partial charge in [-0.25, -0.2) is 18.6 Å². The summed E-state index contributed by atoms with van der Waals surface area (Å²) in [6, 6.07) is 10.2. The first-order chi connectivity index (χ1) is 21.1. The van der Waals surface area contributed by atoms with Crippen molar-refractivity contribution in [3.8, 4) is 11.3 Å². The molecule has 44 heavy (non-hydrogen) atoms. The van der Waals surface area contributed by atoms with Crippen molar-refractivity contribution >= 4 is 28.8 Å². The molecule has 1 atom stereocenters. The van der Waals surface area contributed by atoms with Crippen LogP contribution in [0.4, 0.5) is 13.6 Å². The molecule has 234 valence electrons. The van der Waals surface area contributed by atoms with E-state index in [2.05, 4.69) is 20.2 Å². The highest BCUT2D eigenvalue weighted by molar-refractivity contribution is 5.98. The van der Waals surface area contributed by atoms with Gasteiger partial charge >= 0.3 is 6.09 Å². The summed E-state index contributed by atoms with van der Waals surface area (Å²) in [6.45, 7) is 8.98. The maximum Gasteiger partial charge on any atom is 0.410 e. The summed E-state index contributed by atoms with van der Waals surface area (Å²) in [4.78, 5) is 37.4. The second kappa shape index (κ2) is 12.2. The third-order valence-electron chi connectivity index (χ3n) is 8.46. The molecule has 4 aromatic rings. The summed E-state index contributed by atoms with van der Waals surface area (Å²) in [6.07, 6.45) is 4.22. The second-order valence-corrected chi connectivity index (χ2v) is 12.9. The standard InChI is InChI=1S/C33H40F2N6O3/c1-33(2,3)44-32(43)40-15-4-6-28(40)21-7-9-24(25(35)18-21)27-20-41-29-19-22(8-10-26(29)37-31(41)38-27)30(42)36-13-5-14-39-16-11-23(34)12-17-39/h7-10,18-20,23,28H,4-6,11-17H2,1-3H3,(H,36,42)(H,37,38). The normalized spacial score (nSPS) is 18.4. The molecular formula is C33H40F2N6O3. The van der Waals surface area contributed by atoms with Crippen LogP contribution in [0, 0.1) is 5.82 Å². The smallest absolute Gasteiger partial charge is 0.410 e. The number of fused-ring (bicyclic) bond motifs is 3. The van der Waals surface area contributed by atoms with Gasteiger partial charge in [-0.2, -0.15) is 0 Å². The first kappa shape index (κ1) is 30.1. The van der Waals surface area contributed by atoms with E-state index in [0.717, 1.165) is 55.5 Å². The van der Waals surface area contributed by atoms with Crippen LogP contribution < -0.4 is 5.32 Å². The lowest BCUT2D eigenvalue weighted by Crippen LogP contribution is -2.36. The minimum absolute atomic E-state index is 0.168. The van der Waals surface area contributed by atoms with Gasteiger partial charge in [0.1, 0.15) is 17.6 Å². The van der Waals surface area contributed by atoms with Crippen LogP contribution in [0.1, 0.15) is 74.8 Å². The number of H-pyrrole nitrogens is 1. The number of aromatic nitrogens is 3. The number of likely N-dealkylation sites (tertiary alicyclic amines) is 2. The SMILES string of the molecule is CC(C)(C)OC(=O)N1CCCC1c1ccc(-c2cn3c(n2)[nH]c2ccc(C(=O)NCCCN4CCC(F)CC4)cc23)c(F)c1. The number of benzene rings is 2. The fourth-order valence-corrected chi connectivity index (χ4v) is 6.21. The number of aromatic amines is 1. The van der Waals surface area contributed by atoms with Gasteiger partial charge in [-0.05, 0) is 95.3 Å². The highest BCUT2D eigenvalue weighted by Gasteiger charge is 2.33. The molecule has 2 aromatic heterocycles. The zero-order valence-electron chi connectivity index (χ0n) is 25.5. The molecule has 1 unspecified atom stereocenters. The summed E-state index contributed by atoms with van der Waals surface area (Å²) in [5, 5.41) is 2.98. The number of carbonyl (C=O) groups excluding carboxylic acids is 2. The number of alkyl halides is 1. The van der Waals surface area contributed by atoms with Crippen molar-refractivity contribution < 1.29 is 23.1 Å². The lowest BCUT2D eigenvalue weighted by Gasteiger charge is -2.29. The van der Waals surface area contributed by atoms with Crippen LogP contribution >= 0.6 is 0 Å². The molecule has 9 nitrogen and oxygen atoms in total. The topological polar surface area (TPSA) is 95.0 Å². The van der Waals surface area contributed by atoms with Gasteiger partial charge in [0.25, 0.3) is 5.91 Å². The second-order valence-electron chi connectivity index (χ2n) is 12.9. The lowest BCUT2D eigenvalue weighted by molar-refractivity contribution is 0.0224. The highest BCUT2D eigenvalue weighted by Crippen LogP contribution is 2.35. The van der Waals surface area contributed by atoms with Crippen LogP contribution in [0.3, 0.4) is 0 Å². The number of ether oxygens (including phenoxy) is 1. The molecule has 0 spiro atoms. The Morgan fingerprint density at radius 3 is 2.64 bits per heavy atom. The van der Waals surface area contributed by atoms with E-state index in [1.165, 1.54) is 6.07 Å². The zero-order chi connectivity index (χ0) is 31.0. The van der Waals surface area contributed by atoms with Gasteiger partial charge in [0.2, 0.25) is 5.78 Å². The predicted molar refractivity (Wildman–Crippen MR) is 165 cm³/mol. The number of halogens is 2. The van der Waals surface area contributed by atoms with Crippen LogP contribution in [0.25, 0.3) is 28.1 Å². The van der Waals surface area contributed by atoms with Crippen LogP contribution in [-0.4, -0.2) is 80.7 Å². The summed E-state index contributed by atoms with van der Waals surface area (Å²) in [7, 11) is 0. The predicted octanol–water partition coefficient (Wildman–Crippen LogP) is 6.25. The molecule has 0 bridgehead atoms. The Kier molecular flexibility index (Phi) is 8.32. The van der Waals surface area contributed by atoms with E-state index < -0.39 is 17.6 Å². The lowest BCUT2D eigenvalue weighted by atomic mass is 10.0. The molecule has 2 N–H and O–H groups in total. The van der Waals surface area contributed by atoms with Crippen molar-refractivity contribution in [1.29, 1.82) is 0 Å². The number of piperidine rings is 1. The molecule has 2 aliphatic rings. The van der Waals surface area contributed by atoms with E-state index in [9.17, 15) is 14.0 Å². The van der Waals surface area contributed by atoms with Crippen LogP contribution in [0.5, 0.6) is 0 Å². The van der Waals surface area contributed by atoms with E-state index in [-0.39, 0.29) is 18.0 Å². The van der Waals surface area contributed by atoms with Crippen molar-refractivity contribution in [2.24, 2.45) is 0 Å². The molecule has 2 aromatic carbocycles. The van der Waals surface area contributed by atoms with Crippen LogP contribution in [0.2, 0.25) is 0 Å². The zero-order valence-corrected chi connectivity index (χ0v) is 25.5. The van der Waals surface area contributed by atoms with Gasteiger partial charge in [-0.3, -0.25) is 9.20 Å². The Bertz CT molecular complexity index is 1670. The third-order valence-corrected chi connectivity index (χ3v) is 8.46. The summed E-state index contributed by atoms with van der Waals surface area (Å²) in [5.74, 6) is -0.0456. The molecule has 2 aliphatic heterocycles. The minimum Gasteiger partial charge on any atom is -0.444 e. The average Bonchev–Trinajstić information content (AvgIpc) is 3.70. The molecule has 0 radical (unpaired) electrons. The Balaban J connectivity index is 1.14. The number of rotatable bonds is 7. The van der Waals surface area contributed by atoms with Crippen LogP contribution in [0.15, 0.2) is 42.6 Å². The molecule has 2 fully saturated rings. The van der Waals surface area contributed by atoms with Crippen molar-refractivity contribution in [3.63, 3.8) is 0 Å². The van der Waals surface area contributed by atoms with Gasteiger partial charge in [0, 0.05) is 43.5 Å². The Labute approximate surface area is 255 Å². The maximum absolute atomic E-state index is 15.5. The number of nitrogens with one attached hydrogen (secondary N) is 2. The van der Waals surface area contributed by atoms with Crippen LogP contribution in [-0.2, 0) is 4.74 Å². The van der Waals surface area contributed by atoms with Gasteiger partial charge in [0.15, 0.2) is 0 Å². The van der Waals surface area contributed by atoms with E-state index >= 15 is 4.39 Å². The number of amides is 2. The first-order valence-electron chi connectivity index (χ1n) is 15.5. The fraction of sp³-hybridized carbons (Fsp3) is 0.485. The Hall–Kier alpha value is -3.99. The molecule has 4 heterocycles. The number of carbonyl (C=O) groups is 2. The largest absolute Gasteiger partial charge is 0.444 e. The molecule has 2 saturated heterocycles. The van der Waals surface area contributed by atoms with Crippen molar-refractivity contribution in [3.05, 3.63) is 59.5 Å². The highest BCUT2D eigenvalue weighted by atomic mass is 19.1. The minimum atomic E-state index is -0.688. The molecular weight excluding hydrogens is 566 g/mol. The molecule has 6 rings (SSSR count). The van der Waals surface area contributed by atoms with E-state index in [0.29, 0.717) is 48.5 Å². The summed E-state index contributed by atoms with van der Waals surface area (Å²) in [5.41, 5.74) is 3.03. The number of imidazole rings is 2. The van der Waals surface area contributed by atoms with E-state index in [1.54, 1.807) is 29.3 Å².